The van der Waals surface area contributed by atoms with E-state index in [4.69, 9.17) is 11.6 Å². The Morgan fingerprint density at radius 3 is 2.55 bits per heavy atom. The van der Waals surface area contributed by atoms with Gasteiger partial charge >= 0.3 is 0 Å². The summed E-state index contributed by atoms with van der Waals surface area (Å²) in [7, 11) is 0. The van der Waals surface area contributed by atoms with E-state index in [0.717, 1.165) is 5.56 Å². The molecule has 20 heavy (non-hydrogen) atoms. The second-order valence-electron chi connectivity index (χ2n) is 4.41. The van der Waals surface area contributed by atoms with Crippen LogP contribution < -0.4 is 5.32 Å². The lowest BCUT2D eigenvalue weighted by molar-refractivity contribution is 0.0937. The molecule has 1 atom stereocenters. The average Bonchev–Trinajstić information content (AvgIpc) is 2.42. The number of carbonyl (C=O) groups excluding carboxylic acids is 1. The van der Waals surface area contributed by atoms with Gasteiger partial charge in [-0.15, -0.1) is 0 Å². The Balaban J connectivity index is 2.15. The molecule has 2 rings (SSSR count). The summed E-state index contributed by atoms with van der Waals surface area (Å²) in [6.07, 6.45) is 0. The number of rotatable bonds is 3. The molecular weight excluding hydrogens is 281 g/mol. The molecule has 1 amide bonds. The highest BCUT2D eigenvalue weighted by Gasteiger charge is 2.15. The molecule has 0 aliphatic heterocycles. The van der Waals surface area contributed by atoms with Crippen LogP contribution >= 0.6 is 11.6 Å². The molecule has 0 aromatic heterocycles. The molecule has 0 spiro atoms. The van der Waals surface area contributed by atoms with E-state index in [1.165, 1.54) is 30.3 Å². The van der Waals surface area contributed by atoms with Crippen molar-refractivity contribution < 1.29 is 14.3 Å². The topological polar surface area (TPSA) is 49.3 Å². The number of phenols is 1. The maximum absolute atomic E-state index is 12.8. The first-order chi connectivity index (χ1) is 9.47. The van der Waals surface area contributed by atoms with Gasteiger partial charge in [0.1, 0.15) is 11.6 Å². The van der Waals surface area contributed by atoms with Crippen LogP contribution in [0.3, 0.4) is 0 Å². The number of aromatic hydroxyl groups is 1. The highest BCUT2D eigenvalue weighted by molar-refractivity contribution is 6.31. The van der Waals surface area contributed by atoms with Gasteiger partial charge in [0, 0.05) is 5.02 Å². The molecular formula is C15H13ClFNO2. The lowest BCUT2D eigenvalue weighted by Crippen LogP contribution is -2.26. The van der Waals surface area contributed by atoms with Crippen LogP contribution in [-0.2, 0) is 0 Å². The van der Waals surface area contributed by atoms with Gasteiger partial charge in [-0.05, 0) is 42.8 Å². The van der Waals surface area contributed by atoms with Crippen LogP contribution in [0.5, 0.6) is 5.75 Å². The number of hydrogen-bond acceptors (Lipinski definition) is 2. The van der Waals surface area contributed by atoms with Gasteiger partial charge in [0.05, 0.1) is 11.6 Å². The predicted octanol–water partition coefficient (Wildman–Crippen LogP) is 3.68. The molecule has 1 unspecified atom stereocenters. The summed E-state index contributed by atoms with van der Waals surface area (Å²) in [6, 6.07) is 9.78. The molecule has 2 aromatic carbocycles. The van der Waals surface area contributed by atoms with Crippen LogP contribution in [0.15, 0.2) is 42.5 Å². The smallest absolute Gasteiger partial charge is 0.255 e. The van der Waals surface area contributed by atoms with Crippen molar-refractivity contribution in [3.8, 4) is 5.75 Å². The second kappa shape index (κ2) is 5.92. The second-order valence-corrected chi connectivity index (χ2v) is 4.84. The van der Waals surface area contributed by atoms with Crippen LogP contribution in [0, 0.1) is 5.82 Å². The standard InChI is InChI=1S/C15H13ClFNO2/c1-9(10-2-5-12(17)6-3-10)18-15(20)13-8-11(16)4-7-14(13)19/h2-9,19H,1H3,(H,18,20). The molecule has 2 aromatic rings. The van der Waals surface area contributed by atoms with Crippen molar-refractivity contribution in [3.05, 3.63) is 64.4 Å². The molecule has 2 N–H and O–H groups in total. The molecule has 0 fully saturated rings. The first kappa shape index (κ1) is 14.3. The fourth-order valence-corrected chi connectivity index (χ4v) is 1.97. The zero-order valence-electron chi connectivity index (χ0n) is 10.7. The SMILES string of the molecule is CC(NC(=O)c1cc(Cl)ccc1O)c1ccc(F)cc1. The van der Waals surface area contributed by atoms with E-state index >= 15 is 0 Å². The van der Waals surface area contributed by atoms with E-state index in [0.29, 0.717) is 5.02 Å². The number of benzene rings is 2. The van der Waals surface area contributed by atoms with E-state index in [1.807, 2.05) is 0 Å². The third-order valence-electron chi connectivity index (χ3n) is 2.92. The molecule has 0 aliphatic rings. The Bertz CT molecular complexity index is 628. The Hall–Kier alpha value is -2.07. The number of nitrogens with one attached hydrogen (secondary N) is 1. The summed E-state index contributed by atoms with van der Waals surface area (Å²) in [5.74, 6) is -0.917. The Labute approximate surface area is 121 Å². The lowest BCUT2D eigenvalue weighted by Gasteiger charge is -2.15. The maximum Gasteiger partial charge on any atom is 0.255 e. The quantitative estimate of drug-likeness (QED) is 0.907. The summed E-state index contributed by atoms with van der Waals surface area (Å²) in [6.45, 7) is 1.77. The van der Waals surface area contributed by atoms with Gasteiger partial charge in [-0.1, -0.05) is 23.7 Å². The zero-order valence-corrected chi connectivity index (χ0v) is 11.5. The van der Waals surface area contributed by atoms with E-state index < -0.39 is 5.91 Å². The van der Waals surface area contributed by atoms with Crippen LogP contribution in [0.25, 0.3) is 0 Å². The summed E-state index contributed by atoms with van der Waals surface area (Å²) in [5, 5.41) is 12.7. The van der Waals surface area contributed by atoms with Crippen molar-refractivity contribution in [1.82, 2.24) is 5.32 Å². The maximum atomic E-state index is 12.8. The minimum Gasteiger partial charge on any atom is -0.507 e. The fourth-order valence-electron chi connectivity index (χ4n) is 1.80. The predicted molar refractivity (Wildman–Crippen MR) is 75.4 cm³/mol. The number of hydrogen-bond donors (Lipinski definition) is 2. The number of halogens is 2. The summed E-state index contributed by atoms with van der Waals surface area (Å²) in [5.41, 5.74) is 0.868. The van der Waals surface area contributed by atoms with Gasteiger partial charge in [0.2, 0.25) is 0 Å². The van der Waals surface area contributed by atoms with Gasteiger partial charge in [-0.3, -0.25) is 4.79 Å². The van der Waals surface area contributed by atoms with Crippen molar-refractivity contribution in [2.24, 2.45) is 0 Å². The molecule has 5 heteroatoms. The van der Waals surface area contributed by atoms with Crippen LogP contribution in [-0.4, -0.2) is 11.0 Å². The summed E-state index contributed by atoms with van der Waals surface area (Å²) >= 11 is 5.80. The average molecular weight is 294 g/mol. The number of carbonyl (C=O) groups is 1. The molecule has 0 saturated carbocycles. The van der Waals surface area contributed by atoms with Gasteiger partial charge in [0.15, 0.2) is 0 Å². The van der Waals surface area contributed by atoms with Gasteiger partial charge in [-0.25, -0.2) is 4.39 Å². The highest BCUT2D eigenvalue weighted by Crippen LogP contribution is 2.22. The Morgan fingerprint density at radius 2 is 1.90 bits per heavy atom. The Kier molecular flexibility index (Phi) is 4.25. The number of amides is 1. The van der Waals surface area contributed by atoms with E-state index in [-0.39, 0.29) is 23.2 Å². The highest BCUT2D eigenvalue weighted by atomic mass is 35.5. The minimum absolute atomic E-state index is 0.103. The van der Waals surface area contributed by atoms with Gasteiger partial charge in [-0.2, -0.15) is 0 Å². The largest absolute Gasteiger partial charge is 0.507 e. The van der Waals surface area contributed by atoms with E-state index in [2.05, 4.69) is 5.32 Å². The van der Waals surface area contributed by atoms with Crippen molar-refractivity contribution in [2.45, 2.75) is 13.0 Å². The number of phenolic OH excluding ortho intramolecular Hbond substituents is 1. The normalized spacial score (nSPS) is 11.9. The van der Waals surface area contributed by atoms with E-state index in [1.54, 1.807) is 19.1 Å². The molecule has 0 heterocycles. The monoisotopic (exact) mass is 293 g/mol. The van der Waals surface area contributed by atoms with Crippen LogP contribution in [0.1, 0.15) is 28.9 Å². The molecule has 0 radical (unpaired) electrons. The van der Waals surface area contributed by atoms with Crippen molar-refractivity contribution >= 4 is 17.5 Å². The molecule has 0 saturated heterocycles. The first-order valence-corrected chi connectivity index (χ1v) is 6.40. The van der Waals surface area contributed by atoms with Gasteiger partial charge < -0.3 is 10.4 Å². The van der Waals surface area contributed by atoms with Crippen LogP contribution in [0.4, 0.5) is 4.39 Å². The third kappa shape index (κ3) is 3.27. The lowest BCUT2D eigenvalue weighted by atomic mass is 10.1. The molecule has 0 aliphatic carbocycles. The third-order valence-corrected chi connectivity index (χ3v) is 3.16. The van der Waals surface area contributed by atoms with E-state index in [9.17, 15) is 14.3 Å². The zero-order chi connectivity index (χ0) is 14.7. The summed E-state index contributed by atoms with van der Waals surface area (Å²) in [4.78, 5) is 12.1. The minimum atomic E-state index is -0.443. The van der Waals surface area contributed by atoms with Crippen molar-refractivity contribution in [1.29, 1.82) is 0 Å². The van der Waals surface area contributed by atoms with Crippen molar-refractivity contribution in [3.63, 3.8) is 0 Å². The van der Waals surface area contributed by atoms with Crippen LogP contribution in [0.2, 0.25) is 5.02 Å². The first-order valence-electron chi connectivity index (χ1n) is 6.02. The molecule has 0 bridgehead atoms. The van der Waals surface area contributed by atoms with Crippen molar-refractivity contribution in [2.75, 3.05) is 0 Å². The summed E-state index contributed by atoms with van der Waals surface area (Å²) < 4.78 is 12.8. The fraction of sp³-hybridized carbons (Fsp3) is 0.133. The Morgan fingerprint density at radius 1 is 1.25 bits per heavy atom. The molecule has 104 valence electrons. The molecule has 3 nitrogen and oxygen atoms in total. The van der Waals surface area contributed by atoms with Gasteiger partial charge in [0.25, 0.3) is 5.91 Å².